The number of likely N-dealkylation sites (N-methyl/N-ethyl adjacent to an activating group) is 3. The number of aliphatic hydroxyl groups excluding tert-OH is 5. The van der Waals surface area contributed by atoms with Gasteiger partial charge in [-0.15, -0.1) is 0 Å². The van der Waals surface area contributed by atoms with Crippen molar-refractivity contribution in [1.29, 1.82) is 0 Å². The number of nitrogens with zero attached hydrogens (tertiary/aromatic N) is 6. The number of unbranched alkanes of at least 4 members (excludes halogenated alkanes) is 1. The summed E-state index contributed by atoms with van der Waals surface area (Å²) in [5.41, 5.74) is 0. The minimum atomic E-state index is -2.13. The van der Waals surface area contributed by atoms with Crippen molar-refractivity contribution in [2.24, 2.45) is 0 Å². The SMILES string of the molecule is CCN(CCN(CC)C(CC(O)O)C(O)O)C(CC(=O)O)C(=O)O.CN(CCCCN(C)C(CC(=O)O)C(=O)OS)CCC(O)O.O=C(O)CC(C(=O)O)N(O)CCN(O)C(CC(O)O)C(O)O. The summed E-state index contributed by atoms with van der Waals surface area (Å²) < 4.78 is 4.33. The second-order valence-corrected chi connectivity index (χ2v) is 15.3. The third-order valence-corrected chi connectivity index (χ3v) is 10.1. The summed E-state index contributed by atoms with van der Waals surface area (Å²) in [6, 6.07) is -6.23. The van der Waals surface area contributed by atoms with E-state index in [-0.39, 0.29) is 36.1 Å². The van der Waals surface area contributed by atoms with Gasteiger partial charge < -0.3 is 96.1 Å². The molecule has 0 saturated heterocycles. The van der Waals surface area contributed by atoms with Crippen molar-refractivity contribution in [1.82, 2.24) is 29.7 Å². The van der Waals surface area contributed by atoms with E-state index in [1.54, 1.807) is 30.7 Å². The van der Waals surface area contributed by atoms with Crippen LogP contribution in [-0.4, -0.2) is 287 Å². The lowest BCUT2D eigenvalue weighted by molar-refractivity contribution is -0.230. The van der Waals surface area contributed by atoms with E-state index in [1.165, 1.54) is 4.90 Å². The molecular formula is C37H74N6O24S. The quantitative estimate of drug-likeness (QED) is 0.00914. The Kier molecular flexibility index (Phi) is 38.6. The van der Waals surface area contributed by atoms with Gasteiger partial charge in [0.25, 0.3) is 0 Å². The van der Waals surface area contributed by atoms with Gasteiger partial charge in [-0.05, 0) is 53.1 Å². The number of thiol groups is 1. The predicted octanol–water partition coefficient (Wildman–Crippen LogP) is -5.82. The van der Waals surface area contributed by atoms with Gasteiger partial charge in [-0.3, -0.25) is 38.7 Å². The average Bonchev–Trinajstić information content (AvgIpc) is 3.23. The fourth-order valence-electron chi connectivity index (χ4n) is 6.18. The molecule has 5 atom stereocenters. The Hall–Kier alpha value is -3.55. The lowest BCUT2D eigenvalue weighted by Crippen LogP contribution is -2.50. The minimum Gasteiger partial charge on any atom is -0.481 e. The van der Waals surface area contributed by atoms with Crippen molar-refractivity contribution in [3.63, 3.8) is 0 Å². The van der Waals surface area contributed by atoms with Gasteiger partial charge in [-0.25, -0.2) is 4.79 Å². The number of carbonyl (C=O) groups excluding carboxylic acids is 1. The van der Waals surface area contributed by atoms with E-state index in [4.69, 9.17) is 61.3 Å². The summed E-state index contributed by atoms with van der Waals surface area (Å²) >= 11 is 3.43. The lowest BCUT2D eigenvalue weighted by atomic mass is 10.1. The number of carboxylic acids is 5. The van der Waals surface area contributed by atoms with Crippen molar-refractivity contribution in [3.05, 3.63) is 0 Å². The van der Waals surface area contributed by atoms with Gasteiger partial charge in [0.1, 0.15) is 18.1 Å². The molecular weight excluding hydrogens is 944 g/mol. The van der Waals surface area contributed by atoms with Gasteiger partial charge in [0.2, 0.25) is 0 Å². The second kappa shape index (κ2) is 38.2. The van der Waals surface area contributed by atoms with E-state index in [2.05, 4.69) is 17.1 Å². The third kappa shape index (κ3) is 33.1. The predicted molar refractivity (Wildman–Crippen MR) is 232 cm³/mol. The van der Waals surface area contributed by atoms with E-state index in [0.717, 1.165) is 19.4 Å². The number of rotatable bonds is 36. The van der Waals surface area contributed by atoms with Crippen LogP contribution >= 0.6 is 12.9 Å². The van der Waals surface area contributed by atoms with Crippen molar-refractivity contribution in [2.75, 3.05) is 73.0 Å². The van der Waals surface area contributed by atoms with Gasteiger partial charge >= 0.3 is 35.8 Å². The summed E-state index contributed by atoms with van der Waals surface area (Å²) in [4.78, 5) is 72.4. The number of hydroxylamine groups is 4. The van der Waals surface area contributed by atoms with Crippen LogP contribution in [0.3, 0.4) is 0 Å². The highest BCUT2D eigenvalue weighted by Crippen LogP contribution is 2.14. The molecule has 0 fully saturated rings. The Morgan fingerprint density at radius 3 is 1.31 bits per heavy atom. The highest BCUT2D eigenvalue weighted by Gasteiger charge is 2.32. The molecule has 0 aliphatic rings. The second-order valence-electron chi connectivity index (χ2n) is 15.2. The van der Waals surface area contributed by atoms with Crippen molar-refractivity contribution >= 4 is 48.7 Å². The zero-order valence-electron chi connectivity index (χ0n) is 38.4. The summed E-state index contributed by atoms with van der Waals surface area (Å²) in [5, 5.41) is 154. The van der Waals surface area contributed by atoms with Crippen LogP contribution in [-0.2, 0) is 33.0 Å². The van der Waals surface area contributed by atoms with Crippen LogP contribution in [0.5, 0.6) is 0 Å². The summed E-state index contributed by atoms with van der Waals surface area (Å²) in [5.74, 6) is -7.27. The largest absolute Gasteiger partial charge is 0.481 e. The monoisotopic (exact) mass is 1020 g/mol. The zero-order valence-corrected chi connectivity index (χ0v) is 39.3. The molecule has 0 aliphatic heterocycles. The normalized spacial score (nSPS) is 14.1. The Morgan fingerprint density at radius 2 is 0.912 bits per heavy atom. The van der Waals surface area contributed by atoms with E-state index >= 15 is 0 Å². The third-order valence-electron chi connectivity index (χ3n) is 9.93. The number of aliphatic hydroxyl groups is 10. The van der Waals surface area contributed by atoms with E-state index in [9.17, 15) is 54.5 Å². The summed E-state index contributed by atoms with van der Waals surface area (Å²) in [7, 11) is 3.56. The first-order chi connectivity index (χ1) is 31.5. The Balaban J connectivity index is -0.000000933. The fourth-order valence-corrected chi connectivity index (χ4v) is 6.30. The fraction of sp³-hybridized carbons (Fsp3) is 0.838. The van der Waals surface area contributed by atoms with Crippen LogP contribution < -0.4 is 0 Å². The molecule has 0 saturated carbocycles. The van der Waals surface area contributed by atoms with E-state index in [1.807, 2.05) is 11.9 Å². The molecule has 0 aromatic rings. The molecule has 0 aliphatic carbocycles. The maximum absolute atomic E-state index is 11.5. The van der Waals surface area contributed by atoms with E-state index < -0.39 is 130 Å². The highest BCUT2D eigenvalue weighted by molar-refractivity contribution is 7.75. The number of hydrogen-bond donors (Lipinski definition) is 18. The first-order valence-corrected chi connectivity index (χ1v) is 21.4. The van der Waals surface area contributed by atoms with Gasteiger partial charge in [-0.1, -0.05) is 13.8 Å². The number of hydrogen-bond acceptors (Lipinski definition) is 26. The summed E-state index contributed by atoms with van der Waals surface area (Å²) in [6.07, 6.45) is -9.63. The van der Waals surface area contributed by atoms with Crippen molar-refractivity contribution in [3.8, 4) is 0 Å². The molecule has 402 valence electrons. The van der Waals surface area contributed by atoms with Gasteiger partial charge in [0.05, 0.1) is 31.3 Å². The molecule has 0 spiro atoms. The topological polar surface area (TPSA) is 475 Å². The van der Waals surface area contributed by atoms with Crippen LogP contribution in [0.15, 0.2) is 0 Å². The lowest BCUT2D eigenvalue weighted by Gasteiger charge is -2.35. The van der Waals surface area contributed by atoms with Crippen LogP contribution in [0.2, 0.25) is 0 Å². The molecule has 30 nitrogen and oxygen atoms in total. The standard InChI is InChI=1S/C14H28N2O8.C13H26N2O6S.C10H20N2O10/c1-3-15(9(13(21)22)7-11(17)18)5-6-16(4-2)10(14(23)24)8-12(19)20;1-14(8-5-11(16)17)6-3-4-7-15(2)10(9-12(18)19)13(20)21-22;13-7(14)3-5(9(17)18)11(21)1-2-12(22)6(10(19)20)4-8(15)16/h9-11,13,17-18,21-22H,3-8H2,1-2H3,(H,19,20)(H,23,24);10-11,16-17,22H,3-9H2,1-2H3,(H,18,19);5-7,9,13-14,17-18,21-22H,1-4H2,(H,15,16)(H,19,20). The van der Waals surface area contributed by atoms with Crippen LogP contribution in [0, 0.1) is 0 Å². The smallest absolute Gasteiger partial charge is 0.335 e. The maximum Gasteiger partial charge on any atom is 0.335 e. The van der Waals surface area contributed by atoms with Gasteiger partial charge in [-0.2, -0.15) is 10.1 Å². The molecule has 0 amide bonds. The molecule has 0 radical (unpaired) electrons. The van der Waals surface area contributed by atoms with Crippen molar-refractivity contribution < 1.29 is 120 Å². The molecule has 68 heavy (non-hydrogen) atoms. The Labute approximate surface area is 397 Å². The zero-order chi connectivity index (χ0) is 53.4. The molecule has 0 aromatic carbocycles. The molecule has 0 heterocycles. The maximum atomic E-state index is 11.5. The molecule has 0 bridgehead atoms. The number of carboxylic acid groups (broad SMARTS) is 5. The van der Waals surface area contributed by atoms with Crippen molar-refractivity contribution in [2.45, 2.75) is 127 Å². The molecule has 31 heteroatoms. The number of aliphatic carboxylic acids is 5. The first kappa shape index (κ1) is 68.7. The van der Waals surface area contributed by atoms with E-state index in [0.29, 0.717) is 32.6 Å². The van der Waals surface area contributed by atoms with Crippen LogP contribution in [0.1, 0.15) is 65.2 Å². The molecule has 17 N–H and O–H groups in total. The van der Waals surface area contributed by atoms with Crippen LogP contribution in [0.25, 0.3) is 0 Å². The van der Waals surface area contributed by atoms with Gasteiger partial charge in [0.15, 0.2) is 31.5 Å². The number of carbonyl (C=O) groups is 6. The first-order valence-electron chi connectivity index (χ1n) is 21.0. The van der Waals surface area contributed by atoms with Gasteiger partial charge in [0, 0.05) is 64.9 Å². The Bertz CT molecular complexity index is 1420. The molecule has 5 unspecified atom stereocenters. The summed E-state index contributed by atoms with van der Waals surface area (Å²) in [6.45, 7) is 5.34. The molecule has 0 rings (SSSR count). The molecule has 0 aromatic heterocycles. The average molecular weight is 1020 g/mol. The minimum absolute atomic E-state index is 0.163. The Morgan fingerprint density at radius 1 is 0.500 bits per heavy atom. The van der Waals surface area contributed by atoms with Crippen LogP contribution in [0.4, 0.5) is 0 Å². The highest BCUT2D eigenvalue weighted by atomic mass is 32.1.